The van der Waals surface area contributed by atoms with E-state index in [4.69, 9.17) is 0 Å². The minimum Gasteiger partial charge on any atom is -0.508 e. The molecular formula is C12H17NO3. The molecule has 16 heavy (non-hydrogen) atoms. The summed E-state index contributed by atoms with van der Waals surface area (Å²) < 4.78 is 4.68. The first-order valence-corrected chi connectivity index (χ1v) is 5.07. The summed E-state index contributed by atoms with van der Waals surface area (Å²) in [5.74, 6) is -0.0946. The summed E-state index contributed by atoms with van der Waals surface area (Å²) in [4.78, 5) is 11.4. The van der Waals surface area contributed by atoms with Gasteiger partial charge < -0.3 is 9.84 Å². The second kappa shape index (κ2) is 4.99. The predicted molar refractivity (Wildman–Crippen MR) is 61.0 cm³/mol. The smallest absolute Gasteiger partial charge is 0.325 e. The minimum atomic E-state index is -0.736. The summed E-state index contributed by atoms with van der Waals surface area (Å²) in [5.41, 5.74) is 0.178. The van der Waals surface area contributed by atoms with Crippen LogP contribution in [0.2, 0.25) is 0 Å². The normalized spacial score (nSPS) is 11.2. The number of ether oxygens (including phenoxy) is 1. The number of phenolic OH excluding ortho intramolecular Hbond substituents is 1. The zero-order chi connectivity index (χ0) is 12.2. The molecule has 0 spiro atoms. The van der Waals surface area contributed by atoms with Crippen molar-refractivity contribution >= 4 is 5.97 Å². The molecule has 1 aromatic carbocycles. The average Bonchev–Trinajstić information content (AvgIpc) is 2.25. The van der Waals surface area contributed by atoms with Crippen LogP contribution in [-0.4, -0.2) is 23.7 Å². The lowest BCUT2D eigenvalue weighted by Gasteiger charge is -2.23. The number of esters is 1. The van der Waals surface area contributed by atoms with E-state index in [1.807, 2.05) is 6.07 Å². The summed E-state index contributed by atoms with van der Waals surface area (Å²) >= 11 is 0. The molecule has 0 amide bonds. The number of carbonyl (C=O) groups is 1. The molecule has 0 saturated carbocycles. The fraction of sp³-hybridized carbons (Fsp3) is 0.417. The van der Waals surface area contributed by atoms with Gasteiger partial charge in [-0.15, -0.1) is 0 Å². The standard InChI is InChI=1S/C12H17NO3/c1-12(2,11(15)16-3)13-8-9-5-4-6-10(14)7-9/h4-7,13-14H,8H2,1-3H3. The first-order valence-electron chi connectivity index (χ1n) is 5.07. The van der Waals surface area contributed by atoms with Crippen molar-refractivity contribution in [3.05, 3.63) is 29.8 Å². The van der Waals surface area contributed by atoms with E-state index in [1.165, 1.54) is 7.11 Å². The first kappa shape index (κ1) is 12.5. The lowest BCUT2D eigenvalue weighted by atomic mass is 10.1. The molecular weight excluding hydrogens is 206 g/mol. The maximum Gasteiger partial charge on any atom is 0.325 e. The minimum absolute atomic E-state index is 0.218. The van der Waals surface area contributed by atoms with Crippen molar-refractivity contribution in [3.8, 4) is 5.75 Å². The number of rotatable bonds is 4. The van der Waals surface area contributed by atoms with Crippen LogP contribution in [0.5, 0.6) is 5.75 Å². The van der Waals surface area contributed by atoms with Gasteiger partial charge in [0.05, 0.1) is 7.11 Å². The monoisotopic (exact) mass is 223 g/mol. The highest BCUT2D eigenvalue weighted by atomic mass is 16.5. The van der Waals surface area contributed by atoms with Crippen LogP contribution in [0.1, 0.15) is 19.4 Å². The molecule has 0 atom stereocenters. The van der Waals surface area contributed by atoms with Crippen molar-refractivity contribution in [1.29, 1.82) is 0 Å². The van der Waals surface area contributed by atoms with Crippen molar-refractivity contribution in [2.45, 2.75) is 25.9 Å². The summed E-state index contributed by atoms with van der Waals surface area (Å²) in [7, 11) is 1.36. The summed E-state index contributed by atoms with van der Waals surface area (Å²) in [6, 6.07) is 6.90. The molecule has 1 aromatic rings. The lowest BCUT2D eigenvalue weighted by molar-refractivity contribution is -0.147. The number of aromatic hydroxyl groups is 1. The van der Waals surface area contributed by atoms with Crippen molar-refractivity contribution in [2.24, 2.45) is 0 Å². The zero-order valence-electron chi connectivity index (χ0n) is 9.78. The number of hydrogen-bond acceptors (Lipinski definition) is 4. The van der Waals surface area contributed by atoms with Gasteiger partial charge in [-0.3, -0.25) is 10.1 Å². The molecule has 0 bridgehead atoms. The molecule has 4 heteroatoms. The number of methoxy groups -OCH3 is 1. The third-order valence-corrected chi connectivity index (χ3v) is 2.34. The molecule has 88 valence electrons. The van der Waals surface area contributed by atoms with E-state index >= 15 is 0 Å². The Morgan fingerprint density at radius 1 is 1.50 bits per heavy atom. The lowest BCUT2D eigenvalue weighted by Crippen LogP contribution is -2.46. The SMILES string of the molecule is COC(=O)C(C)(C)NCc1cccc(O)c1. The van der Waals surface area contributed by atoms with Crippen molar-refractivity contribution in [3.63, 3.8) is 0 Å². The Bertz CT molecular complexity index is 374. The number of hydrogen-bond donors (Lipinski definition) is 2. The van der Waals surface area contributed by atoms with Crippen LogP contribution < -0.4 is 5.32 Å². The molecule has 0 fully saturated rings. The number of carbonyl (C=O) groups excluding carboxylic acids is 1. The maximum absolute atomic E-state index is 11.4. The van der Waals surface area contributed by atoms with E-state index in [0.29, 0.717) is 6.54 Å². The van der Waals surface area contributed by atoms with Gasteiger partial charge in [-0.2, -0.15) is 0 Å². The van der Waals surface area contributed by atoms with E-state index in [-0.39, 0.29) is 11.7 Å². The van der Waals surface area contributed by atoms with Crippen LogP contribution in [0.25, 0.3) is 0 Å². The summed E-state index contributed by atoms with van der Waals surface area (Å²) in [5, 5.41) is 12.3. The van der Waals surface area contributed by atoms with E-state index in [0.717, 1.165) is 5.56 Å². The van der Waals surface area contributed by atoms with E-state index < -0.39 is 5.54 Å². The van der Waals surface area contributed by atoms with Crippen molar-refractivity contribution in [1.82, 2.24) is 5.32 Å². The summed E-state index contributed by atoms with van der Waals surface area (Å²) in [6.45, 7) is 4.00. The first-order chi connectivity index (χ1) is 7.45. The molecule has 0 aliphatic heterocycles. The van der Waals surface area contributed by atoms with Crippen LogP contribution in [0.4, 0.5) is 0 Å². The fourth-order valence-electron chi connectivity index (χ4n) is 1.32. The average molecular weight is 223 g/mol. The Morgan fingerprint density at radius 3 is 2.75 bits per heavy atom. The second-order valence-corrected chi connectivity index (χ2v) is 4.14. The van der Waals surface area contributed by atoms with Gasteiger partial charge in [0, 0.05) is 6.54 Å². The van der Waals surface area contributed by atoms with Gasteiger partial charge in [0.15, 0.2) is 0 Å². The summed E-state index contributed by atoms with van der Waals surface area (Å²) in [6.07, 6.45) is 0. The highest BCUT2D eigenvalue weighted by molar-refractivity contribution is 5.79. The van der Waals surface area contributed by atoms with Gasteiger partial charge in [-0.25, -0.2) is 0 Å². The zero-order valence-corrected chi connectivity index (χ0v) is 9.78. The molecule has 0 aliphatic rings. The fourth-order valence-corrected chi connectivity index (χ4v) is 1.32. The van der Waals surface area contributed by atoms with E-state index in [9.17, 15) is 9.90 Å². The van der Waals surface area contributed by atoms with Crippen molar-refractivity contribution in [2.75, 3.05) is 7.11 Å². The van der Waals surface area contributed by atoms with Gasteiger partial charge in [-0.1, -0.05) is 12.1 Å². The van der Waals surface area contributed by atoms with Crippen LogP contribution in [-0.2, 0) is 16.1 Å². The Kier molecular flexibility index (Phi) is 3.90. The Morgan fingerprint density at radius 2 is 2.19 bits per heavy atom. The number of benzene rings is 1. The molecule has 0 radical (unpaired) electrons. The maximum atomic E-state index is 11.4. The number of phenols is 1. The van der Waals surface area contributed by atoms with Gasteiger partial charge >= 0.3 is 5.97 Å². The van der Waals surface area contributed by atoms with Crippen LogP contribution in [0.15, 0.2) is 24.3 Å². The van der Waals surface area contributed by atoms with E-state index in [2.05, 4.69) is 10.1 Å². The highest BCUT2D eigenvalue weighted by Crippen LogP contribution is 2.12. The van der Waals surface area contributed by atoms with Crippen LogP contribution in [0.3, 0.4) is 0 Å². The molecule has 2 N–H and O–H groups in total. The molecule has 0 unspecified atom stereocenters. The van der Waals surface area contributed by atoms with Gasteiger partial charge in [-0.05, 0) is 31.5 Å². The van der Waals surface area contributed by atoms with Gasteiger partial charge in [0.25, 0.3) is 0 Å². The van der Waals surface area contributed by atoms with Gasteiger partial charge in [0.1, 0.15) is 11.3 Å². The Hall–Kier alpha value is -1.55. The molecule has 0 heterocycles. The number of nitrogens with one attached hydrogen (secondary N) is 1. The van der Waals surface area contributed by atoms with Crippen LogP contribution in [0, 0.1) is 0 Å². The quantitative estimate of drug-likeness (QED) is 0.758. The molecule has 0 aromatic heterocycles. The largest absolute Gasteiger partial charge is 0.508 e. The predicted octanol–water partition coefficient (Wildman–Crippen LogP) is 1.43. The topological polar surface area (TPSA) is 58.6 Å². The third-order valence-electron chi connectivity index (χ3n) is 2.34. The van der Waals surface area contributed by atoms with E-state index in [1.54, 1.807) is 32.0 Å². The van der Waals surface area contributed by atoms with Crippen molar-refractivity contribution < 1.29 is 14.6 Å². The van der Waals surface area contributed by atoms with Gasteiger partial charge in [0.2, 0.25) is 0 Å². The molecule has 0 aliphatic carbocycles. The molecule has 0 saturated heterocycles. The highest BCUT2D eigenvalue weighted by Gasteiger charge is 2.27. The molecule has 4 nitrogen and oxygen atoms in total. The van der Waals surface area contributed by atoms with Crippen LogP contribution >= 0.6 is 0 Å². The second-order valence-electron chi connectivity index (χ2n) is 4.14. The Balaban J connectivity index is 2.61. The Labute approximate surface area is 95.2 Å². The third kappa shape index (κ3) is 3.24. The molecule has 1 rings (SSSR count).